The Hall–Kier alpha value is -2.20. The summed E-state index contributed by atoms with van der Waals surface area (Å²) in [6.07, 6.45) is 5.61. The molecule has 1 aromatic heterocycles. The van der Waals surface area contributed by atoms with Crippen molar-refractivity contribution in [2.75, 3.05) is 18.4 Å². The number of anilines is 1. The van der Waals surface area contributed by atoms with E-state index in [9.17, 15) is 4.79 Å². The lowest BCUT2D eigenvalue weighted by molar-refractivity contribution is -0.115. The van der Waals surface area contributed by atoms with Crippen molar-refractivity contribution in [3.8, 4) is 0 Å². The normalized spacial score (nSPS) is 10.5. The molecule has 4 nitrogen and oxygen atoms in total. The van der Waals surface area contributed by atoms with Gasteiger partial charge in [-0.05, 0) is 74.2 Å². The second-order valence-corrected chi connectivity index (χ2v) is 5.48. The molecule has 0 spiro atoms. The maximum Gasteiger partial charge on any atom is 0.238 e. The van der Waals surface area contributed by atoms with E-state index in [1.165, 1.54) is 16.7 Å². The molecule has 116 valence electrons. The van der Waals surface area contributed by atoms with E-state index >= 15 is 0 Å². The van der Waals surface area contributed by atoms with Crippen molar-refractivity contribution in [1.82, 2.24) is 10.3 Å². The maximum atomic E-state index is 11.9. The van der Waals surface area contributed by atoms with E-state index in [1.54, 1.807) is 12.4 Å². The smallest absolute Gasteiger partial charge is 0.238 e. The van der Waals surface area contributed by atoms with E-state index in [4.69, 9.17) is 0 Å². The first-order valence-electron chi connectivity index (χ1n) is 7.62. The molecule has 1 amide bonds. The molecule has 0 bridgehead atoms. The minimum Gasteiger partial charge on any atom is -0.325 e. The predicted molar refractivity (Wildman–Crippen MR) is 90.0 cm³/mol. The van der Waals surface area contributed by atoms with Gasteiger partial charge in [-0.1, -0.05) is 6.07 Å². The Morgan fingerprint density at radius 3 is 2.59 bits per heavy atom. The standard InChI is InChI=1S/C18H23N3O/c1-14-5-6-17(12-15(14)2)21-18(22)13-20-9-3-4-16-7-10-19-11-8-16/h5-8,10-12,20H,3-4,9,13H2,1-2H3,(H,21,22). The summed E-state index contributed by atoms with van der Waals surface area (Å²) in [6, 6.07) is 9.99. The van der Waals surface area contributed by atoms with Crippen molar-refractivity contribution < 1.29 is 4.79 Å². The van der Waals surface area contributed by atoms with Gasteiger partial charge in [0.2, 0.25) is 5.91 Å². The molecule has 1 heterocycles. The highest BCUT2D eigenvalue weighted by Gasteiger charge is 2.03. The molecule has 0 saturated heterocycles. The molecule has 0 aliphatic rings. The number of amides is 1. The molecule has 0 fully saturated rings. The number of carbonyl (C=O) groups is 1. The summed E-state index contributed by atoms with van der Waals surface area (Å²) >= 11 is 0. The molecule has 0 aliphatic carbocycles. The van der Waals surface area contributed by atoms with Crippen molar-refractivity contribution >= 4 is 11.6 Å². The first-order chi connectivity index (χ1) is 10.6. The number of hydrogen-bond acceptors (Lipinski definition) is 3. The lowest BCUT2D eigenvalue weighted by atomic mass is 10.1. The van der Waals surface area contributed by atoms with E-state index in [2.05, 4.69) is 22.5 Å². The Labute approximate surface area is 132 Å². The van der Waals surface area contributed by atoms with Gasteiger partial charge in [-0.2, -0.15) is 0 Å². The van der Waals surface area contributed by atoms with Crippen LogP contribution in [0.25, 0.3) is 0 Å². The van der Waals surface area contributed by atoms with Crippen LogP contribution in [-0.4, -0.2) is 24.0 Å². The third-order valence-electron chi connectivity index (χ3n) is 3.64. The van der Waals surface area contributed by atoms with Crippen LogP contribution in [-0.2, 0) is 11.2 Å². The number of nitrogens with one attached hydrogen (secondary N) is 2. The van der Waals surface area contributed by atoms with Gasteiger partial charge in [0.25, 0.3) is 0 Å². The van der Waals surface area contributed by atoms with Gasteiger partial charge in [0.1, 0.15) is 0 Å². The van der Waals surface area contributed by atoms with Crippen LogP contribution in [0.5, 0.6) is 0 Å². The molecule has 0 radical (unpaired) electrons. The highest BCUT2D eigenvalue weighted by Crippen LogP contribution is 2.13. The van der Waals surface area contributed by atoms with Crippen molar-refractivity contribution in [2.24, 2.45) is 0 Å². The van der Waals surface area contributed by atoms with Crippen LogP contribution in [0.1, 0.15) is 23.1 Å². The Balaban J connectivity index is 1.64. The van der Waals surface area contributed by atoms with Crippen LogP contribution in [0.2, 0.25) is 0 Å². The van der Waals surface area contributed by atoms with Crippen LogP contribution in [0.4, 0.5) is 5.69 Å². The third-order valence-corrected chi connectivity index (χ3v) is 3.64. The summed E-state index contributed by atoms with van der Waals surface area (Å²) in [5.41, 5.74) is 4.54. The molecule has 1 aromatic carbocycles. The van der Waals surface area contributed by atoms with Gasteiger partial charge >= 0.3 is 0 Å². The fraction of sp³-hybridized carbons (Fsp3) is 0.333. The Morgan fingerprint density at radius 1 is 1.09 bits per heavy atom. The highest BCUT2D eigenvalue weighted by atomic mass is 16.1. The predicted octanol–water partition coefficient (Wildman–Crippen LogP) is 2.86. The third kappa shape index (κ3) is 5.30. The summed E-state index contributed by atoms with van der Waals surface area (Å²) in [6.45, 7) is 5.26. The van der Waals surface area contributed by atoms with Gasteiger partial charge < -0.3 is 10.6 Å². The first-order valence-corrected chi connectivity index (χ1v) is 7.62. The average molecular weight is 297 g/mol. The Bertz CT molecular complexity index is 611. The quantitative estimate of drug-likeness (QED) is 0.773. The number of aryl methyl sites for hydroxylation is 3. The van der Waals surface area contributed by atoms with Crippen molar-refractivity contribution in [3.63, 3.8) is 0 Å². The average Bonchev–Trinajstić information content (AvgIpc) is 2.52. The molecule has 0 aliphatic heterocycles. The Morgan fingerprint density at radius 2 is 1.86 bits per heavy atom. The van der Waals surface area contributed by atoms with E-state index in [1.807, 2.05) is 37.3 Å². The van der Waals surface area contributed by atoms with Gasteiger partial charge in [-0.3, -0.25) is 9.78 Å². The van der Waals surface area contributed by atoms with Crippen LogP contribution in [0.15, 0.2) is 42.7 Å². The molecular formula is C18H23N3O. The van der Waals surface area contributed by atoms with Crippen LogP contribution in [0, 0.1) is 13.8 Å². The lowest BCUT2D eigenvalue weighted by Crippen LogP contribution is -2.29. The fourth-order valence-electron chi connectivity index (χ4n) is 2.19. The summed E-state index contributed by atoms with van der Waals surface area (Å²) in [4.78, 5) is 15.9. The number of nitrogens with zero attached hydrogens (tertiary/aromatic N) is 1. The van der Waals surface area contributed by atoms with Crippen molar-refractivity contribution in [3.05, 3.63) is 59.4 Å². The zero-order chi connectivity index (χ0) is 15.8. The SMILES string of the molecule is Cc1ccc(NC(=O)CNCCCc2ccncc2)cc1C. The first kappa shape index (κ1) is 16.2. The molecule has 0 unspecified atom stereocenters. The molecule has 0 saturated carbocycles. The van der Waals surface area contributed by atoms with Crippen LogP contribution < -0.4 is 10.6 Å². The number of carbonyl (C=O) groups excluding carboxylic acids is 1. The van der Waals surface area contributed by atoms with Crippen molar-refractivity contribution in [1.29, 1.82) is 0 Å². The highest BCUT2D eigenvalue weighted by molar-refractivity contribution is 5.92. The topological polar surface area (TPSA) is 54.0 Å². The number of hydrogen-bond donors (Lipinski definition) is 2. The molecule has 4 heteroatoms. The monoisotopic (exact) mass is 297 g/mol. The molecule has 22 heavy (non-hydrogen) atoms. The lowest BCUT2D eigenvalue weighted by Gasteiger charge is -2.08. The van der Waals surface area contributed by atoms with E-state index in [0.717, 1.165) is 25.1 Å². The van der Waals surface area contributed by atoms with Gasteiger partial charge in [-0.15, -0.1) is 0 Å². The molecule has 2 N–H and O–H groups in total. The van der Waals surface area contributed by atoms with Gasteiger partial charge in [0.05, 0.1) is 6.54 Å². The van der Waals surface area contributed by atoms with Gasteiger partial charge in [0.15, 0.2) is 0 Å². The molecule has 2 aromatic rings. The minimum absolute atomic E-state index is 0.00726. The van der Waals surface area contributed by atoms with E-state index in [-0.39, 0.29) is 5.91 Å². The Kier molecular flexibility index (Phi) is 6.10. The number of benzene rings is 1. The summed E-state index contributed by atoms with van der Waals surface area (Å²) in [7, 11) is 0. The fourth-order valence-corrected chi connectivity index (χ4v) is 2.19. The number of aromatic nitrogens is 1. The van der Waals surface area contributed by atoms with Gasteiger partial charge in [0, 0.05) is 18.1 Å². The second kappa shape index (κ2) is 8.29. The molecule has 0 atom stereocenters. The van der Waals surface area contributed by atoms with E-state index < -0.39 is 0 Å². The van der Waals surface area contributed by atoms with Crippen LogP contribution >= 0.6 is 0 Å². The molecular weight excluding hydrogens is 274 g/mol. The van der Waals surface area contributed by atoms with Crippen LogP contribution in [0.3, 0.4) is 0 Å². The summed E-state index contributed by atoms with van der Waals surface area (Å²) < 4.78 is 0. The summed E-state index contributed by atoms with van der Waals surface area (Å²) in [5.74, 6) is -0.00726. The zero-order valence-corrected chi connectivity index (χ0v) is 13.2. The molecule has 2 rings (SSSR count). The number of pyridine rings is 1. The van der Waals surface area contributed by atoms with E-state index in [0.29, 0.717) is 6.54 Å². The zero-order valence-electron chi connectivity index (χ0n) is 13.2. The van der Waals surface area contributed by atoms with Gasteiger partial charge in [-0.25, -0.2) is 0 Å². The number of rotatable bonds is 7. The van der Waals surface area contributed by atoms with Crippen molar-refractivity contribution in [2.45, 2.75) is 26.7 Å². The minimum atomic E-state index is -0.00726. The second-order valence-electron chi connectivity index (χ2n) is 5.48. The maximum absolute atomic E-state index is 11.9. The largest absolute Gasteiger partial charge is 0.325 e. The summed E-state index contributed by atoms with van der Waals surface area (Å²) in [5, 5.41) is 6.08.